The highest BCUT2D eigenvalue weighted by atomic mass is 16.1. The summed E-state index contributed by atoms with van der Waals surface area (Å²) < 4.78 is 0. The third-order valence-corrected chi connectivity index (χ3v) is 3.79. The molecular formula is C15H21NO. The zero-order valence-electron chi connectivity index (χ0n) is 10.7. The van der Waals surface area contributed by atoms with E-state index in [9.17, 15) is 4.79 Å². The molecule has 0 spiro atoms. The first-order valence-corrected chi connectivity index (χ1v) is 6.52. The van der Waals surface area contributed by atoms with Crippen LogP contribution in [0.4, 0.5) is 0 Å². The number of benzene rings is 1. The van der Waals surface area contributed by atoms with Crippen molar-refractivity contribution in [3.05, 3.63) is 35.9 Å². The molecule has 0 aliphatic carbocycles. The summed E-state index contributed by atoms with van der Waals surface area (Å²) in [7, 11) is 0. The minimum absolute atomic E-state index is 0.139. The SMILES string of the molecule is CCC1CCC(C(C)=O)N1Cc1ccccc1. The van der Waals surface area contributed by atoms with E-state index >= 15 is 0 Å². The second-order valence-electron chi connectivity index (χ2n) is 4.92. The lowest BCUT2D eigenvalue weighted by atomic mass is 10.1. The molecule has 1 fully saturated rings. The second-order valence-corrected chi connectivity index (χ2v) is 4.92. The van der Waals surface area contributed by atoms with Gasteiger partial charge in [-0.05, 0) is 31.7 Å². The second kappa shape index (κ2) is 5.46. The number of hydrogen-bond donors (Lipinski definition) is 0. The summed E-state index contributed by atoms with van der Waals surface area (Å²) >= 11 is 0. The molecule has 1 heterocycles. The van der Waals surface area contributed by atoms with Crippen LogP contribution in [0.25, 0.3) is 0 Å². The number of rotatable bonds is 4. The molecule has 0 N–H and O–H groups in total. The molecule has 2 atom stereocenters. The first-order chi connectivity index (χ1) is 8.22. The summed E-state index contributed by atoms with van der Waals surface area (Å²) in [5.41, 5.74) is 1.30. The van der Waals surface area contributed by atoms with Gasteiger partial charge in [0.05, 0.1) is 6.04 Å². The molecule has 2 rings (SSSR count). The molecule has 1 aliphatic rings. The zero-order chi connectivity index (χ0) is 12.3. The van der Waals surface area contributed by atoms with Gasteiger partial charge in [0.25, 0.3) is 0 Å². The summed E-state index contributed by atoms with van der Waals surface area (Å²) in [5, 5.41) is 0. The van der Waals surface area contributed by atoms with Gasteiger partial charge in [-0.2, -0.15) is 0 Å². The predicted molar refractivity (Wildman–Crippen MR) is 69.8 cm³/mol. The Labute approximate surface area is 104 Å². The average molecular weight is 231 g/mol. The Bertz CT molecular complexity index is 374. The highest BCUT2D eigenvalue weighted by Gasteiger charge is 2.34. The molecule has 1 saturated heterocycles. The lowest BCUT2D eigenvalue weighted by Crippen LogP contribution is -2.39. The van der Waals surface area contributed by atoms with Crippen molar-refractivity contribution in [2.24, 2.45) is 0 Å². The van der Waals surface area contributed by atoms with Crippen molar-refractivity contribution in [2.75, 3.05) is 0 Å². The van der Waals surface area contributed by atoms with Gasteiger partial charge in [-0.25, -0.2) is 0 Å². The quantitative estimate of drug-likeness (QED) is 0.794. The molecule has 0 bridgehead atoms. The number of carbonyl (C=O) groups is 1. The van der Waals surface area contributed by atoms with Gasteiger partial charge in [-0.15, -0.1) is 0 Å². The maximum absolute atomic E-state index is 11.7. The minimum atomic E-state index is 0.139. The molecule has 1 aromatic rings. The van der Waals surface area contributed by atoms with Gasteiger partial charge < -0.3 is 0 Å². The molecule has 2 unspecified atom stereocenters. The maximum Gasteiger partial charge on any atom is 0.146 e. The maximum atomic E-state index is 11.7. The topological polar surface area (TPSA) is 20.3 Å². The highest BCUT2D eigenvalue weighted by Crippen LogP contribution is 2.28. The van der Waals surface area contributed by atoms with E-state index in [-0.39, 0.29) is 6.04 Å². The summed E-state index contributed by atoms with van der Waals surface area (Å²) in [6.07, 6.45) is 3.32. The fraction of sp³-hybridized carbons (Fsp3) is 0.533. The van der Waals surface area contributed by atoms with Crippen LogP contribution in [0.3, 0.4) is 0 Å². The first-order valence-electron chi connectivity index (χ1n) is 6.52. The average Bonchev–Trinajstić information content (AvgIpc) is 2.73. The molecule has 92 valence electrons. The number of hydrogen-bond acceptors (Lipinski definition) is 2. The van der Waals surface area contributed by atoms with Gasteiger partial charge in [0.2, 0.25) is 0 Å². The van der Waals surface area contributed by atoms with Crippen LogP contribution in [0.15, 0.2) is 30.3 Å². The summed E-state index contributed by atoms with van der Waals surface area (Å²) in [5.74, 6) is 0.317. The summed E-state index contributed by atoms with van der Waals surface area (Å²) in [6.45, 7) is 4.84. The van der Waals surface area contributed by atoms with Gasteiger partial charge in [-0.3, -0.25) is 9.69 Å². The third kappa shape index (κ3) is 2.75. The van der Waals surface area contributed by atoms with Crippen LogP contribution < -0.4 is 0 Å². The smallest absolute Gasteiger partial charge is 0.146 e. The Balaban J connectivity index is 2.12. The van der Waals surface area contributed by atoms with E-state index in [1.54, 1.807) is 6.92 Å². The number of ketones is 1. The van der Waals surface area contributed by atoms with Crippen LogP contribution in [0, 0.1) is 0 Å². The molecule has 0 aromatic heterocycles. The molecule has 2 heteroatoms. The van der Waals surface area contributed by atoms with E-state index in [4.69, 9.17) is 0 Å². The number of Topliss-reactive ketones (excluding diaryl/α,β-unsaturated/α-hetero) is 1. The standard InChI is InChI=1S/C15H21NO/c1-3-14-9-10-15(12(2)17)16(14)11-13-7-5-4-6-8-13/h4-8,14-15H,3,9-11H2,1-2H3. The zero-order valence-corrected chi connectivity index (χ0v) is 10.7. The number of likely N-dealkylation sites (tertiary alicyclic amines) is 1. The van der Waals surface area contributed by atoms with Crippen molar-refractivity contribution in [3.8, 4) is 0 Å². The Morgan fingerprint density at radius 2 is 2.00 bits per heavy atom. The molecule has 2 nitrogen and oxygen atoms in total. The van der Waals surface area contributed by atoms with Crippen molar-refractivity contribution < 1.29 is 4.79 Å². The van der Waals surface area contributed by atoms with E-state index in [0.717, 1.165) is 25.8 Å². The molecule has 17 heavy (non-hydrogen) atoms. The van der Waals surface area contributed by atoms with E-state index < -0.39 is 0 Å². The molecule has 0 amide bonds. The van der Waals surface area contributed by atoms with E-state index in [1.807, 2.05) is 6.07 Å². The summed E-state index contributed by atoms with van der Waals surface area (Å²) in [4.78, 5) is 14.1. The number of carbonyl (C=O) groups excluding carboxylic acids is 1. The van der Waals surface area contributed by atoms with E-state index in [2.05, 4.69) is 36.1 Å². The van der Waals surface area contributed by atoms with Gasteiger partial charge >= 0.3 is 0 Å². The monoisotopic (exact) mass is 231 g/mol. The Morgan fingerprint density at radius 3 is 2.59 bits per heavy atom. The lowest BCUT2D eigenvalue weighted by Gasteiger charge is -2.28. The Morgan fingerprint density at radius 1 is 1.29 bits per heavy atom. The van der Waals surface area contributed by atoms with E-state index in [1.165, 1.54) is 5.56 Å². The van der Waals surface area contributed by atoms with E-state index in [0.29, 0.717) is 11.8 Å². The first kappa shape index (κ1) is 12.3. The van der Waals surface area contributed by atoms with Crippen LogP contribution in [0.5, 0.6) is 0 Å². The fourth-order valence-corrected chi connectivity index (χ4v) is 2.85. The third-order valence-electron chi connectivity index (χ3n) is 3.79. The number of nitrogens with zero attached hydrogens (tertiary/aromatic N) is 1. The van der Waals surface area contributed by atoms with Crippen LogP contribution in [0.2, 0.25) is 0 Å². The predicted octanol–water partition coefficient (Wildman–Crippen LogP) is 3.02. The molecule has 1 aromatic carbocycles. The van der Waals surface area contributed by atoms with Crippen molar-refractivity contribution in [1.29, 1.82) is 0 Å². The van der Waals surface area contributed by atoms with Gasteiger partial charge in [0, 0.05) is 12.6 Å². The summed E-state index contributed by atoms with van der Waals surface area (Å²) in [6, 6.07) is 11.2. The van der Waals surface area contributed by atoms with Crippen LogP contribution >= 0.6 is 0 Å². The molecule has 0 saturated carbocycles. The molecular weight excluding hydrogens is 210 g/mol. The van der Waals surface area contributed by atoms with Crippen molar-refractivity contribution in [3.63, 3.8) is 0 Å². The minimum Gasteiger partial charge on any atom is -0.298 e. The Hall–Kier alpha value is -1.15. The Kier molecular flexibility index (Phi) is 3.95. The lowest BCUT2D eigenvalue weighted by molar-refractivity contribution is -0.121. The molecule has 0 radical (unpaired) electrons. The fourth-order valence-electron chi connectivity index (χ4n) is 2.85. The van der Waals surface area contributed by atoms with Crippen LogP contribution in [-0.4, -0.2) is 22.8 Å². The van der Waals surface area contributed by atoms with Crippen molar-refractivity contribution >= 4 is 5.78 Å². The normalized spacial score (nSPS) is 25.1. The van der Waals surface area contributed by atoms with Gasteiger partial charge in [0.15, 0.2) is 0 Å². The van der Waals surface area contributed by atoms with Crippen molar-refractivity contribution in [1.82, 2.24) is 4.90 Å². The molecule has 1 aliphatic heterocycles. The van der Waals surface area contributed by atoms with Gasteiger partial charge in [-0.1, -0.05) is 37.3 Å². The van der Waals surface area contributed by atoms with Crippen LogP contribution in [0.1, 0.15) is 38.7 Å². The largest absolute Gasteiger partial charge is 0.298 e. The van der Waals surface area contributed by atoms with Gasteiger partial charge in [0.1, 0.15) is 5.78 Å². The highest BCUT2D eigenvalue weighted by molar-refractivity contribution is 5.81. The van der Waals surface area contributed by atoms with Crippen molar-refractivity contribution in [2.45, 2.75) is 51.7 Å². The van der Waals surface area contributed by atoms with Crippen LogP contribution in [-0.2, 0) is 11.3 Å².